The molecule has 1 atom stereocenters. The summed E-state index contributed by atoms with van der Waals surface area (Å²) in [5, 5.41) is 0. The van der Waals surface area contributed by atoms with E-state index in [1.54, 1.807) is 22.5 Å². The molecule has 0 radical (unpaired) electrons. The molecule has 4 rings (SSSR count). The van der Waals surface area contributed by atoms with Gasteiger partial charge < -0.3 is 9.47 Å². The summed E-state index contributed by atoms with van der Waals surface area (Å²) in [6.45, 7) is 1.77. The molecular formula is C19H20BrNO4S. The third-order valence-corrected chi connectivity index (χ3v) is 7.16. The van der Waals surface area contributed by atoms with Gasteiger partial charge in [0.05, 0.1) is 24.2 Å². The van der Waals surface area contributed by atoms with Crippen molar-refractivity contribution in [2.45, 2.75) is 30.2 Å². The number of hydrogen-bond acceptors (Lipinski definition) is 4. The molecule has 2 aromatic carbocycles. The average Bonchev–Trinajstić information content (AvgIpc) is 3.02. The summed E-state index contributed by atoms with van der Waals surface area (Å²) in [7, 11) is -3.56. The van der Waals surface area contributed by atoms with Crippen LogP contribution in [0.5, 0.6) is 11.5 Å². The number of nitrogens with zero attached hydrogens (tertiary/aromatic N) is 1. The van der Waals surface area contributed by atoms with E-state index >= 15 is 0 Å². The fourth-order valence-corrected chi connectivity index (χ4v) is 5.79. The molecule has 138 valence electrons. The first-order chi connectivity index (χ1) is 12.6. The van der Waals surface area contributed by atoms with E-state index in [4.69, 9.17) is 9.47 Å². The Kier molecular flexibility index (Phi) is 4.94. The standard InChI is InChI=1S/C19H20BrNO4S/c20-15-4-1-5-16(13-15)26(22,23)21-9-2-6-17(21)14-7-8-18-19(12-14)25-11-3-10-24-18/h1,4-5,7-8,12-13,17H,2-3,6,9-11H2/t17-/m0/s1. The molecule has 0 aliphatic carbocycles. The van der Waals surface area contributed by atoms with E-state index in [-0.39, 0.29) is 6.04 Å². The van der Waals surface area contributed by atoms with Crippen molar-refractivity contribution in [2.75, 3.05) is 19.8 Å². The molecule has 0 amide bonds. The van der Waals surface area contributed by atoms with Crippen LogP contribution in [0.15, 0.2) is 51.8 Å². The predicted molar refractivity (Wildman–Crippen MR) is 102 cm³/mol. The summed E-state index contributed by atoms with van der Waals surface area (Å²) < 4.78 is 40.1. The molecule has 1 fully saturated rings. The molecule has 0 bridgehead atoms. The first-order valence-electron chi connectivity index (χ1n) is 8.73. The lowest BCUT2D eigenvalue weighted by Crippen LogP contribution is -2.30. The van der Waals surface area contributed by atoms with E-state index in [2.05, 4.69) is 15.9 Å². The first kappa shape index (κ1) is 17.8. The van der Waals surface area contributed by atoms with Gasteiger partial charge in [0.2, 0.25) is 10.0 Å². The SMILES string of the molecule is O=S(=O)(c1cccc(Br)c1)N1CCC[C@H]1c1ccc2c(c1)OCCCO2. The zero-order chi connectivity index (χ0) is 18.1. The smallest absolute Gasteiger partial charge is 0.243 e. The second-order valence-corrected chi connectivity index (χ2v) is 9.29. The Morgan fingerprint density at radius 3 is 2.62 bits per heavy atom. The molecule has 0 aromatic heterocycles. The van der Waals surface area contributed by atoms with E-state index in [0.29, 0.717) is 30.4 Å². The van der Waals surface area contributed by atoms with Crippen molar-refractivity contribution in [3.63, 3.8) is 0 Å². The van der Waals surface area contributed by atoms with Gasteiger partial charge in [-0.05, 0) is 48.7 Å². The van der Waals surface area contributed by atoms with Crippen molar-refractivity contribution < 1.29 is 17.9 Å². The van der Waals surface area contributed by atoms with E-state index in [1.165, 1.54) is 0 Å². The Balaban J connectivity index is 1.68. The van der Waals surface area contributed by atoms with Crippen LogP contribution in [-0.4, -0.2) is 32.5 Å². The Bertz CT molecular complexity index is 916. The van der Waals surface area contributed by atoms with Crippen LogP contribution in [0.4, 0.5) is 0 Å². The topological polar surface area (TPSA) is 55.8 Å². The monoisotopic (exact) mass is 437 g/mol. The Morgan fingerprint density at radius 1 is 1.00 bits per heavy atom. The highest BCUT2D eigenvalue weighted by molar-refractivity contribution is 9.10. The minimum atomic E-state index is -3.56. The molecular weight excluding hydrogens is 418 g/mol. The lowest BCUT2D eigenvalue weighted by Gasteiger charge is -2.25. The highest BCUT2D eigenvalue weighted by Gasteiger charge is 2.36. The lowest BCUT2D eigenvalue weighted by atomic mass is 10.0. The van der Waals surface area contributed by atoms with Gasteiger partial charge >= 0.3 is 0 Å². The molecule has 5 nitrogen and oxygen atoms in total. The van der Waals surface area contributed by atoms with Crippen molar-refractivity contribution in [3.05, 3.63) is 52.5 Å². The molecule has 0 saturated carbocycles. The van der Waals surface area contributed by atoms with Gasteiger partial charge in [-0.3, -0.25) is 0 Å². The molecule has 2 aromatic rings. The van der Waals surface area contributed by atoms with Crippen LogP contribution in [0, 0.1) is 0 Å². The molecule has 0 spiro atoms. The van der Waals surface area contributed by atoms with Crippen LogP contribution in [0.3, 0.4) is 0 Å². The van der Waals surface area contributed by atoms with Gasteiger partial charge in [-0.1, -0.05) is 28.1 Å². The highest BCUT2D eigenvalue weighted by atomic mass is 79.9. The van der Waals surface area contributed by atoms with E-state index in [9.17, 15) is 8.42 Å². The summed E-state index contributed by atoms with van der Waals surface area (Å²) in [4.78, 5) is 0.313. The summed E-state index contributed by atoms with van der Waals surface area (Å²) in [6, 6.07) is 12.4. The number of halogens is 1. The average molecular weight is 438 g/mol. The normalized spacial score (nSPS) is 20.7. The minimum Gasteiger partial charge on any atom is -0.490 e. The second kappa shape index (κ2) is 7.21. The molecule has 7 heteroatoms. The molecule has 2 heterocycles. The van der Waals surface area contributed by atoms with Gasteiger partial charge in [-0.15, -0.1) is 0 Å². The number of ether oxygens (including phenoxy) is 2. The van der Waals surface area contributed by atoms with E-state index < -0.39 is 10.0 Å². The van der Waals surface area contributed by atoms with Crippen LogP contribution < -0.4 is 9.47 Å². The number of fused-ring (bicyclic) bond motifs is 1. The molecule has 26 heavy (non-hydrogen) atoms. The van der Waals surface area contributed by atoms with Crippen LogP contribution >= 0.6 is 15.9 Å². The molecule has 2 aliphatic heterocycles. The van der Waals surface area contributed by atoms with Crippen LogP contribution in [0.2, 0.25) is 0 Å². The number of hydrogen-bond donors (Lipinski definition) is 0. The van der Waals surface area contributed by atoms with Gasteiger partial charge in [0.15, 0.2) is 11.5 Å². The van der Waals surface area contributed by atoms with Gasteiger partial charge in [0, 0.05) is 17.4 Å². The third kappa shape index (κ3) is 3.35. The summed E-state index contributed by atoms with van der Waals surface area (Å²) in [5.74, 6) is 1.43. The Labute approximate surface area is 162 Å². The van der Waals surface area contributed by atoms with Crippen molar-refractivity contribution >= 4 is 26.0 Å². The maximum absolute atomic E-state index is 13.2. The highest BCUT2D eigenvalue weighted by Crippen LogP contribution is 2.40. The van der Waals surface area contributed by atoms with Crippen LogP contribution in [-0.2, 0) is 10.0 Å². The Hall–Kier alpha value is -1.57. The number of sulfonamides is 1. The van der Waals surface area contributed by atoms with Crippen LogP contribution in [0.25, 0.3) is 0 Å². The summed E-state index contributed by atoms with van der Waals surface area (Å²) in [5.41, 5.74) is 0.949. The molecule has 1 saturated heterocycles. The summed E-state index contributed by atoms with van der Waals surface area (Å²) >= 11 is 3.36. The largest absolute Gasteiger partial charge is 0.490 e. The fraction of sp³-hybridized carbons (Fsp3) is 0.368. The summed E-state index contributed by atoms with van der Waals surface area (Å²) in [6.07, 6.45) is 2.48. The van der Waals surface area contributed by atoms with E-state index in [1.807, 2.05) is 24.3 Å². The first-order valence-corrected chi connectivity index (χ1v) is 11.0. The van der Waals surface area contributed by atoms with Crippen molar-refractivity contribution in [1.82, 2.24) is 4.31 Å². The third-order valence-electron chi connectivity index (χ3n) is 4.76. The maximum atomic E-state index is 13.2. The quantitative estimate of drug-likeness (QED) is 0.723. The van der Waals surface area contributed by atoms with Gasteiger partial charge in [-0.2, -0.15) is 4.31 Å². The van der Waals surface area contributed by atoms with Gasteiger partial charge in [-0.25, -0.2) is 8.42 Å². The molecule has 0 N–H and O–H groups in total. The number of rotatable bonds is 3. The zero-order valence-corrected chi connectivity index (χ0v) is 16.6. The van der Waals surface area contributed by atoms with Crippen molar-refractivity contribution in [2.24, 2.45) is 0 Å². The lowest BCUT2D eigenvalue weighted by molar-refractivity contribution is 0.296. The van der Waals surface area contributed by atoms with Crippen molar-refractivity contribution in [1.29, 1.82) is 0 Å². The van der Waals surface area contributed by atoms with Gasteiger partial charge in [0.1, 0.15) is 0 Å². The number of benzene rings is 2. The van der Waals surface area contributed by atoms with Crippen molar-refractivity contribution in [3.8, 4) is 11.5 Å². The second-order valence-electron chi connectivity index (χ2n) is 6.49. The minimum absolute atomic E-state index is 0.184. The zero-order valence-electron chi connectivity index (χ0n) is 14.2. The Morgan fingerprint density at radius 2 is 1.81 bits per heavy atom. The van der Waals surface area contributed by atoms with E-state index in [0.717, 1.165) is 35.0 Å². The molecule has 2 aliphatic rings. The van der Waals surface area contributed by atoms with Gasteiger partial charge in [0.25, 0.3) is 0 Å². The van der Waals surface area contributed by atoms with Crippen LogP contribution in [0.1, 0.15) is 30.9 Å². The maximum Gasteiger partial charge on any atom is 0.243 e. The fourth-order valence-electron chi connectivity index (χ4n) is 3.51. The predicted octanol–water partition coefficient (Wildman–Crippen LogP) is 4.14. The molecule has 0 unspecified atom stereocenters.